The molecular formula is C16H14N4O. The van der Waals surface area contributed by atoms with Crippen molar-refractivity contribution in [2.75, 3.05) is 5.32 Å². The van der Waals surface area contributed by atoms with Crippen LogP contribution in [0.1, 0.15) is 10.4 Å². The van der Waals surface area contributed by atoms with Crippen molar-refractivity contribution in [1.82, 2.24) is 9.55 Å². The molecule has 0 unspecified atom stereocenters. The van der Waals surface area contributed by atoms with Crippen molar-refractivity contribution in [2.24, 2.45) is 5.73 Å². The van der Waals surface area contributed by atoms with Gasteiger partial charge in [-0.3, -0.25) is 4.79 Å². The summed E-state index contributed by atoms with van der Waals surface area (Å²) in [5, 5.41) is 3.24. The van der Waals surface area contributed by atoms with Crippen molar-refractivity contribution < 1.29 is 4.79 Å². The predicted molar refractivity (Wildman–Crippen MR) is 81.8 cm³/mol. The topological polar surface area (TPSA) is 72.9 Å². The number of anilines is 2. The monoisotopic (exact) mass is 278 g/mol. The molecule has 5 heteroatoms. The minimum absolute atomic E-state index is 0.436. The number of hydrogen-bond acceptors (Lipinski definition) is 3. The maximum Gasteiger partial charge on any atom is 0.248 e. The van der Waals surface area contributed by atoms with Crippen LogP contribution >= 0.6 is 0 Å². The SMILES string of the molecule is NC(=O)c1cccc(Nc2ccc(-n3ccnc3)cc2)c1. The molecular weight excluding hydrogens is 264 g/mol. The average molecular weight is 278 g/mol. The van der Waals surface area contributed by atoms with E-state index in [0.29, 0.717) is 5.56 Å². The molecule has 0 bridgehead atoms. The fourth-order valence-electron chi connectivity index (χ4n) is 2.05. The van der Waals surface area contributed by atoms with E-state index in [0.717, 1.165) is 17.1 Å². The summed E-state index contributed by atoms with van der Waals surface area (Å²) in [6.07, 6.45) is 5.37. The van der Waals surface area contributed by atoms with Crippen molar-refractivity contribution in [2.45, 2.75) is 0 Å². The molecule has 0 aliphatic heterocycles. The molecule has 0 aliphatic carbocycles. The number of rotatable bonds is 4. The molecule has 0 spiro atoms. The maximum atomic E-state index is 11.2. The zero-order valence-electron chi connectivity index (χ0n) is 11.2. The van der Waals surface area contributed by atoms with Crippen molar-refractivity contribution in [3.05, 3.63) is 72.8 Å². The number of carbonyl (C=O) groups is 1. The number of aromatic nitrogens is 2. The highest BCUT2D eigenvalue weighted by molar-refractivity contribution is 5.93. The normalized spacial score (nSPS) is 10.3. The van der Waals surface area contributed by atoms with E-state index in [-0.39, 0.29) is 0 Å². The third kappa shape index (κ3) is 2.92. The van der Waals surface area contributed by atoms with Crippen LogP contribution in [-0.4, -0.2) is 15.5 Å². The number of nitrogens with two attached hydrogens (primary N) is 1. The molecule has 1 heterocycles. The molecule has 1 aromatic heterocycles. The van der Waals surface area contributed by atoms with Gasteiger partial charge >= 0.3 is 0 Å². The highest BCUT2D eigenvalue weighted by Gasteiger charge is 2.02. The zero-order chi connectivity index (χ0) is 14.7. The minimum atomic E-state index is -0.436. The highest BCUT2D eigenvalue weighted by atomic mass is 16.1. The number of nitrogens with one attached hydrogen (secondary N) is 1. The lowest BCUT2D eigenvalue weighted by atomic mass is 10.2. The molecule has 0 fully saturated rings. The second kappa shape index (κ2) is 5.50. The Morgan fingerprint density at radius 2 is 1.90 bits per heavy atom. The quantitative estimate of drug-likeness (QED) is 0.770. The van der Waals surface area contributed by atoms with Gasteiger partial charge < -0.3 is 15.6 Å². The summed E-state index contributed by atoms with van der Waals surface area (Å²) in [6.45, 7) is 0. The van der Waals surface area contributed by atoms with Gasteiger partial charge in [-0.2, -0.15) is 0 Å². The summed E-state index contributed by atoms with van der Waals surface area (Å²) < 4.78 is 1.93. The number of benzene rings is 2. The third-order valence-corrected chi connectivity index (χ3v) is 3.11. The third-order valence-electron chi connectivity index (χ3n) is 3.11. The molecule has 0 aliphatic rings. The van der Waals surface area contributed by atoms with Crippen LogP contribution in [-0.2, 0) is 0 Å². The molecule has 0 radical (unpaired) electrons. The second-order valence-electron chi connectivity index (χ2n) is 4.59. The first kappa shape index (κ1) is 12.9. The molecule has 3 rings (SSSR count). The first-order chi connectivity index (χ1) is 10.2. The van der Waals surface area contributed by atoms with Crippen molar-refractivity contribution in [1.29, 1.82) is 0 Å². The second-order valence-corrected chi connectivity index (χ2v) is 4.59. The van der Waals surface area contributed by atoms with Gasteiger partial charge in [-0.1, -0.05) is 6.07 Å². The standard InChI is InChI=1S/C16H14N4O/c17-16(21)12-2-1-3-14(10-12)19-13-4-6-15(7-5-13)20-9-8-18-11-20/h1-11,19H,(H2,17,21). The van der Waals surface area contributed by atoms with E-state index >= 15 is 0 Å². The molecule has 0 saturated heterocycles. The van der Waals surface area contributed by atoms with Crippen molar-refractivity contribution in [3.63, 3.8) is 0 Å². The molecule has 21 heavy (non-hydrogen) atoms. The Labute approximate surface area is 122 Å². The number of hydrogen-bond donors (Lipinski definition) is 2. The fourth-order valence-corrected chi connectivity index (χ4v) is 2.05. The largest absolute Gasteiger partial charge is 0.366 e. The number of nitrogens with zero attached hydrogens (tertiary/aromatic N) is 2. The van der Waals surface area contributed by atoms with Gasteiger partial charge in [0.05, 0.1) is 6.33 Å². The summed E-state index contributed by atoms with van der Waals surface area (Å²) in [7, 11) is 0. The summed E-state index contributed by atoms with van der Waals surface area (Å²) in [5.41, 5.74) is 8.54. The van der Waals surface area contributed by atoms with Crippen LogP contribution in [0.3, 0.4) is 0 Å². The smallest absolute Gasteiger partial charge is 0.248 e. The van der Waals surface area contributed by atoms with Gasteiger partial charge in [0.25, 0.3) is 0 Å². The van der Waals surface area contributed by atoms with Crippen LogP contribution in [0.4, 0.5) is 11.4 Å². The van der Waals surface area contributed by atoms with Gasteiger partial charge in [0.2, 0.25) is 5.91 Å². The lowest BCUT2D eigenvalue weighted by molar-refractivity contribution is 0.100. The fraction of sp³-hybridized carbons (Fsp3) is 0. The Hall–Kier alpha value is -3.08. The van der Waals surface area contributed by atoms with E-state index in [2.05, 4.69) is 10.3 Å². The van der Waals surface area contributed by atoms with Crippen LogP contribution < -0.4 is 11.1 Å². The molecule has 5 nitrogen and oxygen atoms in total. The van der Waals surface area contributed by atoms with Gasteiger partial charge in [-0.25, -0.2) is 4.98 Å². The number of primary amides is 1. The van der Waals surface area contributed by atoms with E-state index in [1.54, 1.807) is 30.7 Å². The van der Waals surface area contributed by atoms with E-state index in [4.69, 9.17) is 5.73 Å². The Morgan fingerprint density at radius 3 is 2.57 bits per heavy atom. The number of carbonyl (C=O) groups excluding carboxylic acids is 1. The zero-order valence-corrected chi connectivity index (χ0v) is 11.2. The average Bonchev–Trinajstić information content (AvgIpc) is 3.02. The van der Waals surface area contributed by atoms with Crippen LogP contribution in [0.5, 0.6) is 0 Å². The maximum absolute atomic E-state index is 11.2. The van der Waals surface area contributed by atoms with Gasteiger partial charge in [-0.05, 0) is 42.5 Å². The Balaban J connectivity index is 1.79. The van der Waals surface area contributed by atoms with E-state index < -0.39 is 5.91 Å². The van der Waals surface area contributed by atoms with Crippen LogP contribution in [0.25, 0.3) is 5.69 Å². The molecule has 2 aromatic carbocycles. The Morgan fingerprint density at radius 1 is 1.10 bits per heavy atom. The molecule has 3 N–H and O–H groups in total. The van der Waals surface area contributed by atoms with E-state index in [9.17, 15) is 4.79 Å². The van der Waals surface area contributed by atoms with Gasteiger partial charge in [0, 0.05) is 35.0 Å². The summed E-state index contributed by atoms with van der Waals surface area (Å²) >= 11 is 0. The number of amides is 1. The summed E-state index contributed by atoms with van der Waals surface area (Å²) in [4.78, 5) is 15.2. The highest BCUT2D eigenvalue weighted by Crippen LogP contribution is 2.19. The van der Waals surface area contributed by atoms with Crippen LogP contribution in [0, 0.1) is 0 Å². The van der Waals surface area contributed by atoms with Crippen molar-refractivity contribution in [3.8, 4) is 5.69 Å². The molecule has 0 saturated carbocycles. The Bertz CT molecular complexity index is 748. The van der Waals surface area contributed by atoms with Gasteiger partial charge in [0.1, 0.15) is 0 Å². The molecule has 104 valence electrons. The summed E-state index contributed by atoms with van der Waals surface area (Å²) in [5.74, 6) is -0.436. The van der Waals surface area contributed by atoms with Crippen LogP contribution in [0.2, 0.25) is 0 Å². The molecule has 3 aromatic rings. The van der Waals surface area contributed by atoms with E-state index in [1.165, 1.54) is 0 Å². The molecule has 0 atom stereocenters. The van der Waals surface area contributed by atoms with Gasteiger partial charge in [0.15, 0.2) is 0 Å². The molecule has 1 amide bonds. The minimum Gasteiger partial charge on any atom is -0.366 e. The lowest BCUT2D eigenvalue weighted by Crippen LogP contribution is -2.10. The lowest BCUT2D eigenvalue weighted by Gasteiger charge is -2.09. The summed E-state index contributed by atoms with van der Waals surface area (Å²) in [6, 6.07) is 15.0. The Kier molecular flexibility index (Phi) is 3.39. The first-order valence-corrected chi connectivity index (χ1v) is 6.48. The predicted octanol–water partition coefficient (Wildman–Crippen LogP) is 2.71. The first-order valence-electron chi connectivity index (χ1n) is 6.48. The van der Waals surface area contributed by atoms with Crippen LogP contribution in [0.15, 0.2) is 67.3 Å². The van der Waals surface area contributed by atoms with E-state index in [1.807, 2.05) is 41.1 Å². The number of imidazole rings is 1. The van der Waals surface area contributed by atoms with Gasteiger partial charge in [-0.15, -0.1) is 0 Å². The van der Waals surface area contributed by atoms with Crippen molar-refractivity contribution >= 4 is 17.3 Å².